The molecule has 0 aromatic heterocycles. The normalized spacial score (nSPS) is 11.3. The van der Waals surface area contributed by atoms with E-state index >= 15 is 0 Å². The minimum atomic E-state index is 1.31. The lowest BCUT2D eigenvalue weighted by molar-refractivity contribution is 1.77. The molecule has 0 N–H and O–H groups in total. The van der Waals surface area contributed by atoms with Crippen LogP contribution in [0.5, 0.6) is 0 Å². The molecular weight excluding hydrogens is 432 g/mol. The van der Waals surface area contributed by atoms with Gasteiger partial charge in [0, 0.05) is 0 Å². The highest BCUT2D eigenvalue weighted by Crippen LogP contribution is 2.33. The topological polar surface area (TPSA) is 0 Å². The molecule has 0 bridgehead atoms. The third kappa shape index (κ3) is 3.39. The quantitative estimate of drug-likeness (QED) is 0.199. The minimum Gasteiger partial charge on any atom is -0.0616 e. The summed E-state index contributed by atoms with van der Waals surface area (Å²) in [6.45, 7) is 0. The lowest BCUT2D eigenvalue weighted by Gasteiger charge is -2.07. The van der Waals surface area contributed by atoms with Gasteiger partial charge in [-0.3, -0.25) is 0 Å². The van der Waals surface area contributed by atoms with Crippen LogP contribution in [0.4, 0.5) is 0 Å². The van der Waals surface area contributed by atoms with Gasteiger partial charge in [0.15, 0.2) is 0 Å². The summed E-state index contributed by atoms with van der Waals surface area (Å²) in [5, 5.41) is 15.9. The van der Waals surface area contributed by atoms with Crippen LogP contribution in [0, 0.1) is 0 Å². The highest BCUT2D eigenvalue weighted by Gasteiger charge is 2.05. The maximum atomic E-state index is 2.21. The van der Waals surface area contributed by atoms with E-state index in [2.05, 4.69) is 146 Å². The van der Waals surface area contributed by atoms with Crippen LogP contribution in [0.15, 0.2) is 146 Å². The van der Waals surface area contributed by atoms with Gasteiger partial charge in [-0.1, -0.05) is 146 Å². The average Bonchev–Trinajstić information content (AvgIpc) is 2.96. The molecule has 168 valence electrons. The fraction of sp³-hybridized carbons (Fsp3) is 0. The Bertz CT molecular complexity index is 1750. The number of rotatable bonds is 0. The van der Waals surface area contributed by atoms with Crippen LogP contribution in [0.25, 0.3) is 64.6 Å². The van der Waals surface area contributed by atoms with Gasteiger partial charge in [0.25, 0.3) is 0 Å². The van der Waals surface area contributed by atoms with E-state index in [1.807, 2.05) is 0 Å². The molecule has 36 heavy (non-hydrogen) atoms. The van der Waals surface area contributed by atoms with E-state index in [0.29, 0.717) is 0 Å². The van der Waals surface area contributed by atoms with Crippen molar-refractivity contribution in [2.75, 3.05) is 0 Å². The molecule has 0 aliphatic heterocycles. The van der Waals surface area contributed by atoms with Crippen molar-refractivity contribution in [3.05, 3.63) is 146 Å². The third-order valence-corrected chi connectivity index (χ3v) is 7.27. The van der Waals surface area contributed by atoms with Crippen LogP contribution < -0.4 is 0 Å². The maximum absolute atomic E-state index is 2.21. The van der Waals surface area contributed by atoms with E-state index in [9.17, 15) is 0 Å². The van der Waals surface area contributed by atoms with Crippen molar-refractivity contribution in [2.45, 2.75) is 0 Å². The molecule has 0 fully saturated rings. The van der Waals surface area contributed by atoms with Gasteiger partial charge in [0.1, 0.15) is 0 Å². The second-order valence-electron chi connectivity index (χ2n) is 9.34. The fourth-order valence-corrected chi connectivity index (χ4v) is 5.55. The predicted molar refractivity (Wildman–Crippen MR) is 158 cm³/mol. The monoisotopic (exact) mass is 456 g/mol. The second-order valence-corrected chi connectivity index (χ2v) is 9.34. The molecule has 8 rings (SSSR count). The standard InChI is InChI=1S/2C18H12/c2*1-3-7-16-13(5-1)9-11-15-12-10-14-6-2-4-8-17(14)18(15)16/h2*1-12H. The van der Waals surface area contributed by atoms with E-state index in [4.69, 9.17) is 0 Å². The van der Waals surface area contributed by atoms with E-state index in [1.165, 1.54) is 64.6 Å². The van der Waals surface area contributed by atoms with Gasteiger partial charge in [-0.2, -0.15) is 0 Å². The lowest BCUT2D eigenvalue weighted by Crippen LogP contribution is -1.80. The second kappa shape index (κ2) is 8.52. The summed E-state index contributed by atoms with van der Waals surface area (Å²) in [4.78, 5) is 0. The van der Waals surface area contributed by atoms with Crippen molar-refractivity contribution in [3.8, 4) is 0 Å². The molecule has 0 aliphatic rings. The van der Waals surface area contributed by atoms with E-state index in [1.54, 1.807) is 0 Å². The Morgan fingerprint density at radius 1 is 0.194 bits per heavy atom. The molecule has 0 saturated heterocycles. The number of benzene rings is 8. The van der Waals surface area contributed by atoms with Crippen molar-refractivity contribution < 1.29 is 0 Å². The number of hydrogen-bond acceptors (Lipinski definition) is 0. The third-order valence-electron chi connectivity index (χ3n) is 7.27. The number of fused-ring (bicyclic) bond motifs is 10. The Balaban J connectivity index is 0.000000122. The summed E-state index contributed by atoms with van der Waals surface area (Å²) in [7, 11) is 0. The van der Waals surface area contributed by atoms with Crippen LogP contribution in [-0.4, -0.2) is 0 Å². The Hall–Kier alpha value is -4.68. The average molecular weight is 457 g/mol. The molecule has 0 saturated carbocycles. The van der Waals surface area contributed by atoms with Crippen molar-refractivity contribution >= 4 is 64.6 Å². The molecule has 0 nitrogen and oxygen atoms in total. The summed E-state index contributed by atoms with van der Waals surface area (Å²) in [5.74, 6) is 0. The molecule has 0 heteroatoms. The van der Waals surface area contributed by atoms with Gasteiger partial charge < -0.3 is 0 Å². The van der Waals surface area contributed by atoms with Gasteiger partial charge in [-0.05, 0) is 64.6 Å². The molecule has 0 radical (unpaired) electrons. The first-order valence-electron chi connectivity index (χ1n) is 12.5. The highest BCUT2D eigenvalue weighted by atomic mass is 14.1. The molecule has 0 atom stereocenters. The van der Waals surface area contributed by atoms with Crippen molar-refractivity contribution in [2.24, 2.45) is 0 Å². The van der Waals surface area contributed by atoms with Crippen LogP contribution >= 0.6 is 0 Å². The summed E-state index contributed by atoms with van der Waals surface area (Å²) in [6, 6.07) is 52.1. The van der Waals surface area contributed by atoms with Gasteiger partial charge in [-0.25, -0.2) is 0 Å². The van der Waals surface area contributed by atoms with E-state index in [-0.39, 0.29) is 0 Å². The summed E-state index contributed by atoms with van der Waals surface area (Å²) in [6.07, 6.45) is 0. The first kappa shape index (κ1) is 20.7. The molecule has 0 spiro atoms. The van der Waals surface area contributed by atoms with Crippen molar-refractivity contribution in [1.82, 2.24) is 0 Å². The molecule has 0 amide bonds. The molecule has 0 aliphatic carbocycles. The van der Waals surface area contributed by atoms with Gasteiger partial charge in [-0.15, -0.1) is 0 Å². The Morgan fingerprint density at radius 3 is 0.694 bits per heavy atom. The number of hydrogen-bond donors (Lipinski definition) is 0. The summed E-state index contributed by atoms with van der Waals surface area (Å²) < 4.78 is 0. The van der Waals surface area contributed by atoms with Crippen LogP contribution in [0.1, 0.15) is 0 Å². The van der Waals surface area contributed by atoms with Gasteiger partial charge >= 0.3 is 0 Å². The zero-order valence-corrected chi connectivity index (χ0v) is 19.9. The van der Waals surface area contributed by atoms with E-state index in [0.717, 1.165) is 0 Å². The molecular formula is C36H24. The van der Waals surface area contributed by atoms with Crippen LogP contribution in [-0.2, 0) is 0 Å². The van der Waals surface area contributed by atoms with Crippen LogP contribution in [0.3, 0.4) is 0 Å². The van der Waals surface area contributed by atoms with Crippen molar-refractivity contribution in [1.29, 1.82) is 0 Å². The molecule has 8 aromatic carbocycles. The Morgan fingerprint density at radius 2 is 0.417 bits per heavy atom. The van der Waals surface area contributed by atoms with E-state index < -0.39 is 0 Å². The zero-order valence-electron chi connectivity index (χ0n) is 19.9. The fourth-order valence-electron chi connectivity index (χ4n) is 5.55. The SMILES string of the molecule is c1ccc2c(c1)ccc1ccc3ccccc3c12.c1ccc2c(c1)ccc1ccc3ccccc3c12. The zero-order chi connectivity index (χ0) is 23.9. The minimum absolute atomic E-state index is 1.31. The Labute approximate surface area is 210 Å². The molecule has 0 heterocycles. The highest BCUT2D eigenvalue weighted by molar-refractivity contribution is 6.21. The first-order valence-corrected chi connectivity index (χ1v) is 12.5. The van der Waals surface area contributed by atoms with Gasteiger partial charge in [0.05, 0.1) is 0 Å². The molecule has 0 unspecified atom stereocenters. The maximum Gasteiger partial charge on any atom is -0.00268 e. The Kier molecular flexibility index (Phi) is 4.89. The lowest BCUT2D eigenvalue weighted by atomic mass is 9.97. The smallest absolute Gasteiger partial charge is 0.00268 e. The summed E-state index contributed by atoms with van der Waals surface area (Å²) in [5.41, 5.74) is 0. The summed E-state index contributed by atoms with van der Waals surface area (Å²) >= 11 is 0. The van der Waals surface area contributed by atoms with Gasteiger partial charge in [0.2, 0.25) is 0 Å². The van der Waals surface area contributed by atoms with Crippen LogP contribution in [0.2, 0.25) is 0 Å². The predicted octanol–water partition coefficient (Wildman–Crippen LogP) is 10.3. The first-order chi connectivity index (χ1) is 17.9. The largest absolute Gasteiger partial charge is 0.0616 e. The molecule has 8 aromatic rings. The van der Waals surface area contributed by atoms with Crippen molar-refractivity contribution in [3.63, 3.8) is 0 Å².